The summed E-state index contributed by atoms with van der Waals surface area (Å²) in [4.78, 5) is 13.9. The van der Waals surface area contributed by atoms with Crippen LogP contribution >= 0.6 is 0 Å². The van der Waals surface area contributed by atoms with E-state index in [1.165, 1.54) is 18.5 Å². The van der Waals surface area contributed by atoms with E-state index in [2.05, 4.69) is 29.1 Å². The molecule has 0 aliphatic carbocycles. The van der Waals surface area contributed by atoms with Crippen molar-refractivity contribution in [3.8, 4) is 12.3 Å². The lowest BCUT2D eigenvalue weighted by Gasteiger charge is -2.33. The van der Waals surface area contributed by atoms with Crippen molar-refractivity contribution in [3.63, 3.8) is 0 Å². The predicted octanol–water partition coefficient (Wildman–Crippen LogP) is 3.41. The van der Waals surface area contributed by atoms with Gasteiger partial charge in [0.2, 0.25) is 0 Å². The molecule has 1 atom stereocenters. The van der Waals surface area contributed by atoms with Gasteiger partial charge in [-0.3, -0.25) is 5.32 Å². The van der Waals surface area contributed by atoms with Gasteiger partial charge in [0, 0.05) is 24.5 Å². The van der Waals surface area contributed by atoms with Gasteiger partial charge in [-0.05, 0) is 49.4 Å². The Morgan fingerprint density at radius 1 is 1.57 bits per heavy atom. The number of anilines is 2. The van der Waals surface area contributed by atoms with E-state index in [0.29, 0.717) is 0 Å². The molecule has 112 valence electrons. The topological polar surface area (TPSA) is 41.6 Å². The molecule has 1 aliphatic heterocycles. The van der Waals surface area contributed by atoms with Gasteiger partial charge in [0.15, 0.2) is 6.61 Å². The van der Waals surface area contributed by atoms with Crippen molar-refractivity contribution in [1.82, 2.24) is 0 Å². The first kappa shape index (κ1) is 15.2. The minimum Gasteiger partial charge on any atom is -0.436 e. The molecule has 1 amide bonds. The Balaban J connectivity index is 2.03. The number of nitrogens with one attached hydrogen (secondary N) is 1. The number of piperidine rings is 1. The van der Waals surface area contributed by atoms with Gasteiger partial charge >= 0.3 is 6.09 Å². The quantitative estimate of drug-likeness (QED) is 0.866. The van der Waals surface area contributed by atoms with Gasteiger partial charge in [0.25, 0.3) is 0 Å². The fourth-order valence-electron chi connectivity index (χ4n) is 2.66. The van der Waals surface area contributed by atoms with Crippen molar-refractivity contribution in [2.24, 2.45) is 5.92 Å². The number of benzene rings is 1. The lowest BCUT2D eigenvalue weighted by molar-refractivity contribution is 0.176. The van der Waals surface area contributed by atoms with Gasteiger partial charge in [-0.2, -0.15) is 0 Å². The summed E-state index contributed by atoms with van der Waals surface area (Å²) < 4.78 is 4.81. The zero-order valence-corrected chi connectivity index (χ0v) is 12.7. The number of nitrogens with zero attached hydrogens (tertiary/aromatic N) is 1. The molecule has 1 N–H and O–H groups in total. The normalized spacial score (nSPS) is 18.0. The predicted molar refractivity (Wildman–Crippen MR) is 85.6 cm³/mol. The zero-order chi connectivity index (χ0) is 15.2. The van der Waals surface area contributed by atoms with Crippen LogP contribution < -0.4 is 10.2 Å². The van der Waals surface area contributed by atoms with Crippen molar-refractivity contribution in [3.05, 3.63) is 23.8 Å². The third-order valence-electron chi connectivity index (χ3n) is 3.76. The third kappa shape index (κ3) is 4.16. The molecule has 0 radical (unpaired) electrons. The molecule has 1 saturated heterocycles. The van der Waals surface area contributed by atoms with Crippen LogP contribution in [0.5, 0.6) is 0 Å². The molecular formula is C17H22N2O2. The van der Waals surface area contributed by atoms with Crippen molar-refractivity contribution in [2.75, 3.05) is 29.9 Å². The molecule has 0 spiro atoms. The molecule has 0 aromatic heterocycles. The molecule has 1 aromatic carbocycles. The number of carbonyl (C=O) groups is 1. The second-order valence-electron chi connectivity index (χ2n) is 5.60. The fourth-order valence-corrected chi connectivity index (χ4v) is 2.66. The minimum absolute atomic E-state index is 0.0192. The number of hydrogen-bond donors (Lipinski definition) is 1. The van der Waals surface area contributed by atoms with Crippen molar-refractivity contribution in [2.45, 2.75) is 26.7 Å². The highest BCUT2D eigenvalue weighted by molar-refractivity contribution is 5.86. The Hall–Kier alpha value is -2.15. The smallest absolute Gasteiger partial charge is 0.412 e. The van der Waals surface area contributed by atoms with E-state index in [-0.39, 0.29) is 6.61 Å². The molecule has 2 rings (SSSR count). The first-order chi connectivity index (χ1) is 10.1. The maximum atomic E-state index is 11.5. The van der Waals surface area contributed by atoms with E-state index in [4.69, 9.17) is 11.2 Å². The molecule has 4 heteroatoms. The van der Waals surface area contributed by atoms with E-state index in [1.807, 2.05) is 19.1 Å². The van der Waals surface area contributed by atoms with E-state index < -0.39 is 6.09 Å². The monoisotopic (exact) mass is 286 g/mol. The van der Waals surface area contributed by atoms with Crippen LogP contribution in [0.2, 0.25) is 0 Å². The molecule has 4 nitrogen and oxygen atoms in total. The number of aryl methyl sites for hydroxylation is 1. The highest BCUT2D eigenvalue weighted by atomic mass is 16.5. The highest BCUT2D eigenvalue weighted by Gasteiger charge is 2.17. The first-order valence-corrected chi connectivity index (χ1v) is 7.33. The van der Waals surface area contributed by atoms with Gasteiger partial charge in [-0.15, -0.1) is 6.42 Å². The van der Waals surface area contributed by atoms with E-state index in [0.717, 1.165) is 30.3 Å². The number of ether oxygens (including phenoxy) is 1. The fraction of sp³-hybridized carbons (Fsp3) is 0.471. The lowest BCUT2D eigenvalue weighted by atomic mass is 9.99. The summed E-state index contributed by atoms with van der Waals surface area (Å²) in [5, 5.41) is 2.71. The largest absolute Gasteiger partial charge is 0.436 e. The van der Waals surface area contributed by atoms with Crippen LogP contribution in [0.3, 0.4) is 0 Å². The van der Waals surface area contributed by atoms with Crippen molar-refractivity contribution in [1.29, 1.82) is 0 Å². The zero-order valence-electron chi connectivity index (χ0n) is 12.7. The van der Waals surface area contributed by atoms with Gasteiger partial charge in [-0.25, -0.2) is 4.79 Å². The number of carbonyl (C=O) groups excluding carboxylic acids is 1. The molecule has 21 heavy (non-hydrogen) atoms. The highest BCUT2D eigenvalue weighted by Crippen LogP contribution is 2.26. The van der Waals surface area contributed by atoms with E-state index >= 15 is 0 Å². The van der Waals surface area contributed by atoms with E-state index in [1.54, 1.807) is 0 Å². The summed E-state index contributed by atoms with van der Waals surface area (Å²) in [6, 6.07) is 6.07. The summed E-state index contributed by atoms with van der Waals surface area (Å²) in [5.74, 6) is 3.00. The molecule has 1 aromatic rings. The van der Waals surface area contributed by atoms with Crippen LogP contribution in [0.25, 0.3) is 0 Å². The Morgan fingerprint density at radius 2 is 2.38 bits per heavy atom. The standard InChI is InChI=1S/C17H22N2O2/c1-4-10-21-17(20)18-16-8-7-15(11-14(16)3)19-9-5-6-13(2)12-19/h1,7-8,11,13H,5-6,9-10,12H2,2-3H3,(H,18,20). The SMILES string of the molecule is C#CCOC(=O)Nc1ccc(N2CCCC(C)C2)cc1C. The Bertz CT molecular complexity index is 548. The molecule has 0 bridgehead atoms. The number of rotatable bonds is 3. The van der Waals surface area contributed by atoms with Crippen molar-refractivity contribution < 1.29 is 9.53 Å². The van der Waals surface area contributed by atoms with Crippen LogP contribution in [0.1, 0.15) is 25.3 Å². The Labute approximate surface area is 126 Å². The second kappa shape index (κ2) is 7.03. The van der Waals surface area contributed by atoms with Crippen LogP contribution in [0.4, 0.5) is 16.2 Å². The lowest BCUT2D eigenvalue weighted by Crippen LogP contribution is -2.34. The summed E-state index contributed by atoms with van der Waals surface area (Å²) in [5.41, 5.74) is 2.98. The van der Waals surface area contributed by atoms with Crippen LogP contribution in [0, 0.1) is 25.2 Å². The maximum absolute atomic E-state index is 11.5. The number of hydrogen-bond acceptors (Lipinski definition) is 3. The molecular weight excluding hydrogens is 264 g/mol. The van der Waals surface area contributed by atoms with Crippen LogP contribution in [-0.4, -0.2) is 25.8 Å². The molecule has 1 fully saturated rings. The van der Waals surface area contributed by atoms with Gasteiger partial charge in [0.1, 0.15) is 0 Å². The summed E-state index contributed by atoms with van der Waals surface area (Å²) >= 11 is 0. The average Bonchev–Trinajstić information content (AvgIpc) is 2.47. The van der Waals surface area contributed by atoms with Gasteiger partial charge in [0.05, 0.1) is 0 Å². The third-order valence-corrected chi connectivity index (χ3v) is 3.76. The molecule has 1 aliphatic rings. The van der Waals surface area contributed by atoms with Crippen molar-refractivity contribution >= 4 is 17.5 Å². The van der Waals surface area contributed by atoms with Crippen LogP contribution in [0.15, 0.2) is 18.2 Å². The number of amides is 1. The van der Waals surface area contributed by atoms with Gasteiger partial charge in [-0.1, -0.05) is 12.8 Å². The number of terminal acetylenes is 1. The summed E-state index contributed by atoms with van der Waals surface area (Å²) in [6.45, 7) is 6.44. The minimum atomic E-state index is -0.518. The summed E-state index contributed by atoms with van der Waals surface area (Å²) in [7, 11) is 0. The first-order valence-electron chi connectivity index (χ1n) is 7.33. The second-order valence-corrected chi connectivity index (χ2v) is 5.60. The maximum Gasteiger partial charge on any atom is 0.412 e. The molecule has 1 unspecified atom stereocenters. The van der Waals surface area contributed by atoms with Crippen LogP contribution in [-0.2, 0) is 4.74 Å². The average molecular weight is 286 g/mol. The molecule has 1 heterocycles. The van der Waals surface area contributed by atoms with E-state index in [9.17, 15) is 4.79 Å². The Morgan fingerprint density at radius 3 is 3.05 bits per heavy atom. The van der Waals surface area contributed by atoms with Gasteiger partial charge < -0.3 is 9.64 Å². The Kier molecular flexibility index (Phi) is 5.10. The molecule has 0 saturated carbocycles. The summed E-state index contributed by atoms with van der Waals surface area (Å²) in [6.07, 6.45) is 7.07.